The monoisotopic (exact) mass is 274 g/mol. The number of rotatable bonds is 4. The predicted octanol–water partition coefficient (Wildman–Crippen LogP) is 4.62. The highest BCUT2D eigenvalue weighted by Gasteiger charge is 2.08. The van der Waals surface area contributed by atoms with Gasteiger partial charge in [0.2, 0.25) is 0 Å². The van der Waals surface area contributed by atoms with E-state index in [0.717, 1.165) is 23.7 Å². The van der Waals surface area contributed by atoms with Crippen molar-refractivity contribution in [3.63, 3.8) is 0 Å². The number of anilines is 1. The molecule has 0 spiro atoms. The minimum Gasteiger partial charge on any atom is -0.506 e. The molecule has 0 saturated heterocycles. The maximum atomic E-state index is 9.41. The predicted molar refractivity (Wildman–Crippen MR) is 80.6 cm³/mol. The van der Waals surface area contributed by atoms with E-state index in [2.05, 4.69) is 36.5 Å². The van der Waals surface area contributed by atoms with Gasteiger partial charge in [-0.3, -0.25) is 0 Å². The molecule has 0 unspecified atom stereocenters. The summed E-state index contributed by atoms with van der Waals surface area (Å²) in [6.45, 7) is 4.12. The molecule has 0 heterocycles. The van der Waals surface area contributed by atoms with E-state index in [1.165, 1.54) is 5.56 Å². The number of hydrogen-bond acceptors (Lipinski definition) is 2. The van der Waals surface area contributed by atoms with Crippen molar-refractivity contribution in [1.82, 2.24) is 0 Å². The molecule has 2 rings (SSSR count). The highest BCUT2D eigenvalue weighted by molar-refractivity contribution is 6.32. The molecular weight excluding hydrogens is 258 g/mol. The van der Waals surface area contributed by atoms with Crippen LogP contribution < -0.4 is 5.32 Å². The Hall–Kier alpha value is -1.67. The summed E-state index contributed by atoms with van der Waals surface area (Å²) in [7, 11) is 0. The van der Waals surface area contributed by atoms with Crippen LogP contribution >= 0.6 is 11.6 Å². The quantitative estimate of drug-likeness (QED) is 0.853. The van der Waals surface area contributed by atoms with E-state index >= 15 is 0 Å². The van der Waals surface area contributed by atoms with Crippen molar-refractivity contribution in [3.05, 3.63) is 64.7 Å². The molecule has 0 aliphatic rings. The van der Waals surface area contributed by atoms with E-state index in [1.54, 1.807) is 12.1 Å². The molecule has 3 heteroatoms. The van der Waals surface area contributed by atoms with E-state index < -0.39 is 0 Å². The molecule has 19 heavy (non-hydrogen) atoms. The maximum Gasteiger partial charge on any atom is 0.134 e. The summed E-state index contributed by atoms with van der Waals surface area (Å²) >= 11 is 5.91. The summed E-state index contributed by atoms with van der Waals surface area (Å²) in [5.41, 5.74) is 3.32. The molecule has 0 amide bonds. The van der Waals surface area contributed by atoms with Gasteiger partial charge >= 0.3 is 0 Å². The lowest BCUT2D eigenvalue weighted by molar-refractivity contribution is 0.475. The normalized spacial score (nSPS) is 10.7. The van der Waals surface area contributed by atoms with Crippen LogP contribution in [-0.2, 0) is 6.42 Å². The van der Waals surface area contributed by atoms with Gasteiger partial charge in [0.15, 0.2) is 0 Å². The first kappa shape index (κ1) is 13.8. The summed E-state index contributed by atoms with van der Waals surface area (Å²) in [6, 6.07) is 14.5. The SMILES string of the molecule is CCc1ccc(N[C](C)c2ccc(O)c(Cl)c2)cc1. The van der Waals surface area contributed by atoms with Crippen molar-refractivity contribution in [2.24, 2.45) is 0 Å². The number of aromatic hydroxyl groups is 1. The van der Waals surface area contributed by atoms with Crippen molar-refractivity contribution in [1.29, 1.82) is 0 Å². The van der Waals surface area contributed by atoms with Gasteiger partial charge in [-0.25, -0.2) is 0 Å². The molecule has 99 valence electrons. The van der Waals surface area contributed by atoms with Gasteiger partial charge in [-0.05, 0) is 48.7 Å². The highest BCUT2D eigenvalue weighted by atomic mass is 35.5. The van der Waals surface area contributed by atoms with Gasteiger partial charge < -0.3 is 10.4 Å². The first-order chi connectivity index (χ1) is 9.10. The Balaban J connectivity index is 2.10. The third-order valence-electron chi connectivity index (χ3n) is 3.07. The summed E-state index contributed by atoms with van der Waals surface area (Å²) in [4.78, 5) is 0. The molecule has 0 aliphatic heterocycles. The van der Waals surface area contributed by atoms with Crippen LogP contribution in [0.4, 0.5) is 5.69 Å². The van der Waals surface area contributed by atoms with Crippen LogP contribution in [0.3, 0.4) is 0 Å². The molecule has 0 atom stereocenters. The van der Waals surface area contributed by atoms with Gasteiger partial charge in [-0.2, -0.15) is 0 Å². The minimum atomic E-state index is 0.102. The summed E-state index contributed by atoms with van der Waals surface area (Å²) in [6.07, 6.45) is 1.04. The van der Waals surface area contributed by atoms with Gasteiger partial charge in [0.25, 0.3) is 0 Å². The van der Waals surface area contributed by atoms with E-state index in [0.29, 0.717) is 5.02 Å². The first-order valence-corrected chi connectivity index (χ1v) is 6.66. The Morgan fingerprint density at radius 1 is 1.16 bits per heavy atom. The molecule has 2 aromatic rings. The largest absolute Gasteiger partial charge is 0.506 e. The van der Waals surface area contributed by atoms with E-state index in [9.17, 15) is 5.11 Å². The van der Waals surface area contributed by atoms with E-state index in [1.807, 2.05) is 13.0 Å². The van der Waals surface area contributed by atoms with Crippen molar-refractivity contribution in [2.75, 3.05) is 5.32 Å². The molecule has 2 N–H and O–H groups in total. The molecule has 0 aliphatic carbocycles. The van der Waals surface area contributed by atoms with E-state index in [-0.39, 0.29) is 5.75 Å². The Morgan fingerprint density at radius 3 is 2.42 bits per heavy atom. The highest BCUT2D eigenvalue weighted by Crippen LogP contribution is 2.27. The van der Waals surface area contributed by atoms with Gasteiger partial charge in [0, 0.05) is 5.69 Å². The number of halogens is 1. The molecule has 0 bridgehead atoms. The fourth-order valence-electron chi connectivity index (χ4n) is 1.85. The van der Waals surface area contributed by atoms with Crippen LogP contribution in [-0.4, -0.2) is 5.11 Å². The van der Waals surface area contributed by atoms with Crippen molar-refractivity contribution in [3.8, 4) is 5.75 Å². The number of benzene rings is 2. The van der Waals surface area contributed by atoms with Crippen molar-refractivity contribution < 1.29 is 5.11 Å². The molecule has 0 fully saturated rings. The zero-order valence-electron chi connectivity index (χ0n) is 11.1. The Labute approximate surface area is 119 Å². The van der Waals surface area contributed by atoms with Gasteiger partial charge in [0.05, 0.1) is 11.1 Å². The lowest BCUT2D eigenvalue weighted by atomic mass is 10.1. The van der Waals surface area contributed by atoms with E-state index in [4.69, 9.17) is 11.6 Å². The summed E-state index contributed by atoms with van der Waals surface area (Å²) in [5.74, 6) is 0.102. The lowest BCUT2D eigenvalue weighted by Crippen LogP contribution is -2.07. The average molecular weight is 275 g/mol. The molecular formula is C16H17ClNO. The fraction of sp³-hybridized carbons (Fsp3) is 0.188. The molecule has 1 radical (unpaired) electrons. The van der Waals surface area contributed by atoms with Gasteiger partial charge in [0.1, 0.15) is 5.75 Å². The first-order valence-electron chi connectivity index (χ1n) is 6.28. The number of phenolic OH excluding ortho intramolecular Hbond substituents is 1. The maximum absolute atomic E-state index is 9.41. The van der Waals surface area contributed by atoms with Gasteiger partial charge in [-0.15, -0.1) is 0 Å². The third-order valence-corrected chi connectivity index (χ3v) is 3.38. The molecule has 0 saturated carbocycles. The van der Waals surface area contributed by atoms with Crippen LogP contribution in [0.5, 0.6) is 5.75 Å². The van der Waals surface area contributed by atoms with Crippen LogP contribution in [0.15, 0.2) is 42.5 Å². The minimum absolute atomic E-state index is 0.102. The molecule has 2 aromatic carbocycles. The Bertz CT molecular complexity index is 551. The molecule has 2 nitrogen and oxygen atoms in total. The Morgan fingerprint density at radius 2 is 1.84 bits per heavy atom. The van der Waals surface area contributed by atoms with Crippen molar-refractivity contribution >= 4 is 17.3 Å². The topological polar surface area (TPSA) is 32.3 Å². The number of nitrogens with one attached hydrogen (secondary N) is 1. The zero-order valence-corrected chi connectivity index (χ0v) is 11.8. The number of phenols is 1. The number of aryl methyl sites for hydroxylation is 1. The third kappa shape index (κ3) is 3.42. The molecule has 0 aromatic heterocycles. The average Bonchev–Trinajstić information content (AvgIpc) is 2.42. The van der Waals surface area contributed by atoms with Crippen LogP contribution in [0, 0.1) is 6.04 Å². The second-order valence-corrected chi connectivity index (χ2v) is 4.87. The summed E-state index contributed by atoms with van der Waals surface area (Å²) in [5, 5.41) is 13.1. The fourth-order valence-corrected chi connectivity index (χ4v) is 2.03. The van der Waals surface area contributed by atoms with Crippen LogP contribution in [0.25, 0.3) is 0 Å². The lowest BCUT2D eigenvalue weighted by Gasteiger charge is -2.15. The van der Waals surface area contributed by atoms with Crippen molar-refractivity contribution in [2.45, 2.75) is 20.3 Å². The second-order valence-electron chi connectivity index (χ2n) is 4.47. The van der Waals surface area contributed by atoms with Crippen LogP contribution in [0.1, 0.15) is 25.0 Å². The van der Waals surface area contributed by atoms with Crippen LogP contribution in [0.2, 0.25) is 5.02 Å². The second kappa shape index (κ2) is 5.98. The smallest absolute Gasteiger partial charge is 0.134 e. The summed E-state index contributed by atoms with van der Waals surface area (Å²) < 4.78 is 0. The standard InChI is InChI=1S/C16H17ClNO/c1-3-12-4-7-14(8-5-12)18-11(2)13-6-9-16(19)15(17)10-13/h4-10,18-19H,3H2,1-2H3. The Kier molecular flexibility index (Phi) is 4.33. The van der Waals surface area contributed by atoms with Gasteiger partial charge in [-0.1, -0.05) is 36.7 Å². The number of hydrogen-bond donors (Lipinski definition) is 2. The zero-order chi connectivity index (χ0) is 13.8.